The zero-order chi connectivity index (χ0) is 59.5. The number of amides is 5. The molecule has 4 unspecified atom stereocenters. The molecule has 0 bridgehead atoms. The largest absolute Gasteiger partial charge is 0.449 e. The fraction of sp³-hybridized carbons (Fsp3) is 0.877. The molecule has 1 aromatic heterocycles. The molecular weight excluding hydrogens is 1010 g/mol. The fourth-order valence-corrected chi connectivity index (χ4v) is 13.2. The van der Waals surface area contributed by atoms with Gasteiger partial charge in [0.25, 0.3) is 5.56 Å². The van der Waals surface area contributed by atoms with Crippen LogP contribution in [0, 0.1) is 40.4 Å². The Hall–Kier alpha value is -4.04. The first-order valence-electron chi connectivity index (χ1n) is 32.4. The van der Waals surface area contributed by atoms with E-state index < -0.39 is 17.7 Å². The molecule has 4 atom stereocenters. The van der Waals surface area contributed by atoms with E-state index in [9.17, 15) is 24.0 Å². The lowest BCUT2D eigenvalue weighted by Crippen LogP contribution is -2.51. The zero-order valence-electron chi connectivity index (χ0n) is 53.5. The van der Waals surface area contributed by atoms with E-state index in [-0.39, 0.29) is 64.9 Å². The maximum atomic E-state index is 13.1. The van der Waals surface area contributed by atoms with Crippen LogP contribution in [0.1, 0.15) is 287 Å². The van der Waals surface area contributed by atoms with E-state index in [1.807, 2.05) is 0 Å². The van der Waals surface area contributed by atoms with Gasteiger partial charge in [0.1, 0.15) is 0 Å². The maximum absolute atomic E-state index is 13.1. The molecule has 0 spiro atoms. The number of aryl methyl sites for hydroxylation is 1. The van der Waals surface area contributed by atoms with E-state index >= 15 is 0 Å². The summed E-state index contributed by atoms with van der Waals surface area (Å²) in [6, 6.07) is -0.325. The summed E-state index contributed by atoms with van der Waals surface area (Å²) in [5.74, 6) is 0.963. The SMILES string of the molecule is CCCCCCCCC(CCCCCC)COC(=O)NC1CC(C)(C)CC(C)(C)C1.CCCCCCCCC(CCCCCC)COC(=O)NC1CC(C)(C)CC(C)(CNC(=O)Nc2nc(C)c(CCOC(=O)NCC)c(=O)[nH]2)C1. The molecule has 1 heterocycles. The summed E-state index contributed by atoms with van der Waals surface area (Å²) in [5, 5.41) is 14.5. The number of carbonyl (C=O) groups is 4. The minimum Gasteiger partial charge on any atom is -0.449 e. The number of aromatic amines is 1. The minimum atomic E-state index is -0.544. The summed E-state index contributed by atoms with van der Waals surface area (Å²) in [4.78, 5) is 69.6. The molecule has 80 heavy (non-hydrogen) atoms. The monoisotopic (exact) mass is 1130 g/mol. The predicted molar refractivity (Wildman–Crippen MR) is 330 cm³/mol. The first-order chi connectivity index (χ1) is 38.0. The van der Waals surface area contributed by atoms with E-state index in [4.69, 9.17) is 14.2 Å². The summed E-state index contributed by atoms with van der Waals surface area (Å²) in [6.45, 7) is 30.2. The average Bonchev–Trinajstić information content (AvgIpc) is 3.35. The highest BCUT2D eigenvalue weighted by molar-refractivity contribution is 5.87. The molecule has 2 aliphatic carbocycles. The topological polar surface area (TPSA) is 202 Å². The highest BCUT2D eigenvalue weighted by atomic mass is 16.6. The van der Waals surface area contributed by atoms with Crippen LogP contribution in [0.15, 0.2) is 4.79 Å². The Balaban J connectivity index is 0.000000621. The third-order valence-corrected chi connectivity index (χ3v) is 16.4. The number of urea groups is 1. The average molecular weight is 1130 g/mol. The van der Waals surface area contributed by atoms with Gasteiger partial charge in [-0.25, -0.2) is 24.2 Å². The molecule has 0 aromatic carbocycles. The van der Waals surface area contributed by atoms with E-state index in [0.717, 1.165) is 38.5 Å². The van der Waals surface area contributed by atoms with Crippen LogP contribution in [-0.4, -0.2) is 79.3 Å². The van der Waals surface area contributed by atoms with Gasteiger partial charge in [0.05, 0.1) is 25.5 Å². The lowest BCUT2D eigenvalue weighted by Gasteiger charge is -2.46. The number of hydrogen-bond acceptors (Lipinski definition) is 9. The van der Waals surface area contributed by atoms with Gasteiger partial charge in [-0.3, -0.25) is 15.1 Å². The number of alkyl carbamates (subject to hydrolysis) is 3. The van der Waals surface area contributed by atoms with Gasteiger partial charge in [0.15, 0.2) is 0 Å². The molecule has 2 saturated carbocycles. The minimum absolute atomic E-state index is 0.0338. The number of rotatable bonds is 37. The standard InChI is InChI=1S/C38H68N6O6.C27H53NO2/c1-8-11-13-15-16-18-20-29(19-17-14-12-9-2)25-50-36(48)42-30-23-37(5,6)26-38(7,24-30)27-40-34(46)44-33-41-28(4)31(32(45)43-33)21-22-49-35(47)39-10-3;1-7-9-11-13-14-16-18-23(17-15-12-10-8-2)21-30-25(29)28-24-19-26(3,4)22-27(5,6)20-24/h29-30H,8-27H2,1-7H3,(H,39,47)(H,42,48)(H3,40,41,43,44,45,46);23-24H,7-22H2,1-6H3,(H,28,29). The van der Waals surface area contributed by atoms with Gasteiger partial charge >= 0.3 is 24.3 Å². The number of ether oxygens (including phenoxy) is 3. The first-order valence-corrected chi connectivity index (χ1v) is 32.4. The Morgan fingerprint density at radius 2 is 0.963 bits per heavy atom. The van der Waals surface area contributed by atoms with Crippen molar-refractivity contribution in [2.75, 3.05) is 38.2 Å². The fourth-order valence-electron chi connectivity index (χ4n) is 13.2. The number of carbonyl (C=O) groups excluding carboxylic acids is 4. The molecule has 6 N–H and O–H groups in total. The third-order valence-electron chi connectivity index (χ3n) is 16.4. The molecule has 2 aliphatic rings. The molecule has 15 nitrogen and oxygen atoms in total. The number of aromatic nitrogens is 2. The summed E-state index contributed by atoms with van der Waals surface area (Å²) >= 11 is 0. The van der Waals surface area contributed by atoms with Crippen LogP contribution in [0.3, 0.4) is 0 Å². The second kappa shape index (κ2) is 39.4. The molecule has 0 aliphatic heterocycles. The molecule has 464 valence electrons. The highest BCUT2D eigenvalue weighted by Gasteiger charge is 2.42. The Bertz CT molecular complexity index is 1920. The van der Waals surface area contributed by atoms with E-state index in [1.54, 1.807) is 13.8 Å². The lowest BCUT2D eigenvalue weighted by molar-refractivity contribution is 0.0634. The molecular formula is C65H121N7O8. The number of H-pyrrole nitrogens is 1. The number of anilines is 1. The van der Waals surface area contributed by atoms with Gasteiger partial charge < -0.3 is 35.5 Å². The van der Waals surface area contributed by atoms with E-state index in [1.165, 1.54) is 148 Å². The van der Waals surface area contributed by atoms with Crippen molar-refractivity contribution in [3.63, 3.8) is 0 Å². The zero-order valence-corrected chi connectivity index (χ0v) is 53.5. The molecule has 1 aromatic rings. The van der Waals surface area contributed by atoms with Gasteiger partial charge in [-0.2, -0.15) is 0 Å². The van der Waals surface area contributed by atoms with Crippen LogP contribution in [-0.2, 0) is 20.6 Å². The maximum Gasteiger partial charge on any atom is 0.407 e. The summed E-state index contributed by atoms with van der Waals surface area (Å²) < 4.78 is 16.6. The van der Waals surface area contributed by atoms with Gasteiger partial charge in [-0.05, 0) is 112 Å². The van der Waals surface area contributed by atoms with Crippen molar-refractivity contribution < 1.29 is 33.4 Å². The molecule has 15 heteroatoms. The Labute approximate surface area is 487 Å². The Morgan fingerprint density at radius 3 is 1.40 bits per heavy atom. The van der Waals surface area contributed by atoms with Crippen LogP contribution < -0.4 is 32.1 Å². The number of nitrogens with zero attached hydrogens (tertiary/aromatic N) is 1. The van der Waals surface area contributed by atoms with Crippen molar-refractivity contribution in [3.05, 3.63) is 21.6 Å². The van der Waals surface area contributed by atoms with Crippen molar-refractivity contribution in [3.8, 4) is 0 Å². The lowest BCUT2D eigenvalue weighted by atomic mass is 9.62. The van der Waals surface area contributed by atoms with Crippen molar-refractivity contribution in [2.45, 2.75) is 301 Å². The Morgan fingerprint density at radius 1 is 0.550 bits per heavy atom. The second-order valence-corrected chi connectivity index (χ2v) is 27.1. The van der Waals surface area contributed by atoms with Gasteiger partial charge in [-0.15, -0.1) is 0 Å². The summed E-state index contributed by atoms with van der Waals surface area (Å²) in [5.41, 5.74) is 0.646. The number of unbranched alkanes of at least 4 members (excludes halogenated alkanes) is 16. The molecule has 0 radical (unpaired) electrons. The van der Waals surface area contributed by atoms with Crippen LogP contribution in [0.5, 0.6) is 0 Å². The van der Waals surface area contributed by atoms with Gasteiger partial charge in [0.2, 0.25) is 5.95 Å². The molecule has 0 saturated heterocycles. The van der Waals surface area contributed by atoms with Gasteiger partial charge in [-0.1, -0.05) is 205 Å². The smallest absolute Gasteiger partial charge is 0.407 e. The second-order valence-electron chi connectivity index (χ2n) is 27.1. The van der Waals surface area contributed by atoms with Crippen molar-refractivity contribution >= 4 is 30.3 Å². The van der Waals surface area contributed by atoms with Crippen LogP contribution >= 0.6 is 0 Å². The first kappa shape index (κ1) is 72.1. The van der Waals surface area contributed by atoms with Gasteiger partial charge in [0, 0.05) is 37.2 Å². The Kier molecular flexibility index (Phi) is 35.5. The predicted octanol–water partition coefficient (Wildman–Crippen LogP) is 16.8. The molecule has 5 amide bonds. The highest BCUT2D eigenvalue weighted by Crippen LogP contribution is 2.47. The molecule has 2 fully saturated rings. The van der Waals surface area contributed by atoms with Crippen LogP contribution in [0.2, 0.25) is 0 Å². The number of hydrogen-bond donors (Lipinski definition) is 6. The van der Waals surface area contributed by atoms with Crippen molar-refractivity contribution in [2.24, 2.45) is 33.5 Å². The van der Waals surface area contributed by atoms with E-state index in [2.05, 4.69) is 113 Å². The van der Waals surface area contributed by atoms with Crippen LogP contribution in [0.4, 0.5) is 25.1 Å². The summed E-state index contributed by atoms with van der Waals surface area (Å²) in [6.07, 6.45) is 35.0. The normalized spacial score (nSPS) is 19.1. The number of nitrogens with one attached hydrogen (secondary N) is 6. The van der Waals surface area contributed by atoms with Crippen LogP contribution in [0.25, 0.3) is 0 Å². The van der Waals surface area contributed by atoms with Crippen molar-refractivity contribution in [1.82, 2.24) is 31.2 Å². The quantitative estimate of drug-likeness (QED) is 0.0277. The molecule has 3 rings (SSSR count). The van der Waals surface area contributed by atoms with E-state index in [0.29, 0.717) is 55.8 Å². The van der Waals surface area contributed by atoms with Crippen molar-refractivity contribution in [1.29, 1.82) is 0 Å². The third kappa shape index (κ3) is 33.2. The summed E-state index contributed by atoms with van der Waals surface area (Å²) in [7, 11) is 0.